The molecule has 0 atom stereocenters. The zero-order chi connectivity index (χ0) is 13.7. The number of nitrogens with two attached hydrogens (primary N) is 4. The molecule has 2 aromatic carbocycles. The maximum atomic E-state index is 5.56. The molecule has 96 valence electrons. The van der Waals surface area contributed by atoms with Crippen LogP contribution < -0.4 is 22.9 Å². The van der Waals surface area contributed by atoms with Crippen molar-refractivity contribution < 1.29 is 0 Å². The number of benzene rings is 2. The van der Waals surface area contributed by atoms with Gasteiger partial charge in [-0.25, -0.2) is 0 Å². The molecule has 2 rings (SSSR count). The van der Waals surface area contributed by atoms with Crippen molar-refractivity contribution in [3.05, 3.63) is 47.5 Å². The fourth-order valence-electron chi connectivity index (χ4n) is 1.40. The van der Waals surface area contributed by atoms with Gasteiger partial charge in [-0.05, 0) is 43.2 Å². The minimum Gasteiger partial charge on any atom is -0.397 e. The van der Waals surface area contributed by atoms with Gasteiger partial charge in [0.2, 0.25) is 0 Å². The Morgan fingerprint density at radius 2 is 1.39 bits per heavy atom. The second-order valence-electron chi connectivity index (χ2n) is 4.21. The minimum atomic E-state index is 0.653. The van der Waals surface area contributed by atoms with Gasteiger partial charge in [0.05, 0.1) is 22.7 Å². The maximum absolute atomic E-state index is 5.56. The molecular formula is C14H20N4. The highest BCUT2D eigenvalue weighted by Gasteiger charge is 1.93. The molecule has 0 aliphatic rings. The highest BCUT2D eigenvalue weighted by molar-refractivity contribution is 5.66. The summed E-state index contributed by atoms with van der Waals surface area (Å²) in [4.78, 5) is 0. The molecule has 0 fully saturated rings. The van der Waals surface area contributed by atoms with Gasteiger partial charge in [-0.15, -0.1) is 0 Å². The van der Waals surface area contributed by atoms with Crippen LogP contribution in [0, 0.1) is 13.8 Å². The number of rotatable bonds is 0. The van der Waals surface area contributed by atoms with Crippen molar-refractivity contribution in [2.24, 2.45) is 0 Å². The van der Waals surface area contributed by atoms with E-state index in [1.165, 1.54) is 0 Å². The third-order valence-corrected chi connectivity index (χ3v) is 2.60. The second-order valence-corrected chi connectivity index (χ2v) is 4.21. The average Bonchev–Trinajstić information content (AvgIpc) is 2.32. The van der Waals surface area contributed by atoms with E-state index in [0.29, 0.717) is 22.7 Å². The molecule has 0 aromatic heterocycles. The molecule has 0 unspecified atom stereocenters. The van der Waals surface area contributed by atoms with Gasteiger partial charge in [0, 0.05) is 0 Å². The largest absolute Gasteiger partial charge is 0.397 e. The number of hydrogen-bond acceptors (Lipinski definition) is 4. The van der Waals surface area contributed by atoms with Crippen LogP contribution in [0.4, 0.5) is 22.7 Å². The molecular weight excluding hydrogens is 224 g/mol. The fraction of sp³-hybridized carbons (Fsp3) is 0.143. The van der Waals surface area contributed by atoms with Gasteiger partial charge < -0.3 is 22.9 Å². The summed E-state index contributed by atoms with van der Waals surface area (Å²) < 4.78 is 0. The van der Waals surface area contributed by atoms with Crippen molar-refractivity contribution in [3.63, 3.8) is 0 Å². The van der Waals surface area contributed by atoms with Gasteiger partial charge in [-0.1, -0.05) is 18.2 Å². The highest BCUT2D eigenvalue weighted by atomic mass is 14.7. The van der Waals surface area contributed by atoms with Crippen LogP contribution in [0.5, 0.6) is 0 Å². The predicted molar refractivity (Wildman–Crippen MR) is 80.0 cm³/mol. The Morgan fingerprint density at radius 1 is 0.722 bits per heavy atom. The number of para-hydroxylation sites is 1. The van der Waals surface area contributed by atoms with Gasteiger partial charge in [-0.2, -0.15) is 0 Å². The van der Waals surface area contributed by atoms with Crippen LogP contribution in [-0.2, 0) is 0 Å². The number of hydrogen-bond donors (Lipinski definition) is 4. The molecule has 0 amide bonds. The lowest BCUT2D eigenvalue weighted by atomic mass is 10.2. The molecule has 0 spiro atoms. The standard InChI is InChI=1S/2C7H10N2/c1-5-2-3-6(8)7(9)4-5;1-5-3-2-4-6(8)7(5)9/h2*2-4H,8-9H2,1H3. The highest BCUT2D eigenvalue weighted by Crippen LogP contribution is 2.17. The van der Waals surface area contributed by atoms with E-state index >= 15 is 0 Å². The Labute approximate surface area is 108 Å². The second kappa shape index (κ2) is 5.82. The van der Waals surface area contributed by atoms with Crippen LogP contribution in [0.1, 0.15) is 11.1 Å². The Hall–Kier alpha value is -2.36. The fourth-order valence-corrected chi connectivity index (χ4v) is 1.40. The molecule has 0 heterocycles. The predicted octanol–water partition coefficient (Wildman–Crippen LogP) is 2.32. The first-order chi connectivity index (χ1) is 8.41. The van der Waals surface area contributed by atoms with Crippen molar-refractivity contribution in [1.82, 2.24) is 0 Å². The molecule has 2 aromatic rings. The molecule has 0 saturated heterocycles. The van der Waals surface area contributed by atoms with E-state index in [1.807, 2.05) is 44.2 Å². The lowest BCUT2D eigenvalue weighted by molar-refractivity contribution is 1.47. The van der Waals surface area contributed by atoms with E-state index in [4.69, 9.17) is 22.9 Å². The summed E-state index contributed by atoms with van der Waals surface area (Å²) in [5.74, 6) is 0. The lowest BCUT2D eigenvalue weighted by Gasteiger charge is -2.00. The molecule has 0 aliphatic carbocycles. The first kappa shape index (κ1) is 13.7. The van der Waals surface area contributed by atoms with E-state index in [0.717, 1.165) is 11.1 Å². The summed E-state index contributed by atoms with van der Waals surface area (Å²) in [6.07, 6.45) is 0. The van der Waals surface area contributed by atoms with Gasteiger partial charge in [0.25, 0.3) is 0 Å². The van der Waals surface area contributed by atoms with E-state index in [9.17, 15) is 0 Å². The summed E-state index contributed by atoms with van der Waals surface area (Å²) in [5, 5.41) is 0. The Balaban J connectivity index is 0.000000180. The lowest BCUT2D eigenvalue weighted by Crippen LogP contribution is -1.95. The summed E-state index contributed by atoms with van der Waals surface area (Å²) in [7, 11) is 0. The average molecular weight is 244 g/mol. The number of anilines is 4. The Bertz CT molecular complexity index is 515. The summed E-state index contributed by atoms with van der Waals surface area (Å²) in [5.41, 5.74) is 26.9. The molecule has 0 saturated carbocycles. The van der Waals surface area contributed by atoms with Crippen molar-refractivity contribution in [1.29, 1.82) is 0 Å². The molecule has 18 heavy (non-hydrogen) atoms. The van der Waals surface area contributed by atoms with Crippen LogP contribution in [0.3, 0.4) is 0 Å². The van der Waals surface area contributed by atoms with E-state index in [2.05, 4.69) is 0 Å². The monoisotopic (exact) mass is 244 g/mol. The van der Waals surface area contributed by atoms with Crippen LogP contribution in [-0.4, -0.2) is 0 Å². The van der Waals surface area contributed by atoms with Crippen molar-refractivity contribution in [3.8, 4) is 0 Å². The zero-order valence-electron chi connectivity index (χ0n) is 10.8. The van der Waals surface area contributed by atoms with Crippen LogP contribution in [0.25, 0.3) is 0 Å². The first-order valence-corrected chi connectivity index (χ1v) is 5.64. The maximum Gasteiger partial charge on any atom is 0.0577 e. The van der Waals surface area contributed by atoms with Crippen molar-refractivity contribution in [2.45, 2.75) is 13.8 Å². The van der Waals surface area contributed by atoms with Crippen LogP contribution in [0.2, 0.25) is 0 Å². The minimum absolute atomic E-state index is 0.653. The van der Waals surface area contributed by atoms with Gasteiger partial charge in [0.15, 0.2) is 0 Å². The third kappa shape index (κ3) is 3.59. The topological polar surface area (TPSA) is 104 Å². The van der Waals surface area contributed by atoms with Crippen molar-refractivity contribution in [2.75, 3.05) is 22.9 Å². The quantitative estimate of drug-likeness (QED) is 0.534. The molecule has 4 nitrogen and oxygen atoms in total. The van der Waals surface area contributed by atoms with Crippen molar-refractivity contribution >= 4 is 22.7 Å². The van der Waals surface area contributed by atoms with Crippen LogP contribution >= 0.6 is 0 Å². The zero-order valence-corrected chi connectivity index (χ0v) is 10.8. The van der Waals surface area contributed by atoms with E-state index in [-0.39, 0.29) is 0 Å². The molecule has 4 heteroatoms. The molecule has 0 radical (unpaired) electrons. The SMILES string of the molecule is Cc1ccc(N)c(N)c1.Cc1cccc(N)c1N. The number of nitrogen functional groups attached to an aromatic ring is 4. The summed E-state index contributed by atoms with van der Waals surface area (Å²) in [6.45, 7) is 3.92. The first-order valence-electron chi connectivity index (χ1n) is 5.64. The summed E-state index contributed by atoms with van der Waals surface area (Å²) in [6, 6.07) is 11.2. The van der Waals surface area contributed by atoms with Crippen LogP contribution in [0.15, 0.2) is 36.4 Å². The third-order valence-electron chi connectivity index (χ3n) is 2.60. The summed E-state index contributed by atoms with van der Waals surface area (Å²) >= 11 is 0. The smallest absolute Gasteiger partial charge is 0.0577 e. The normalized spacial score (nSPS) is 9.44. The Morgan fingerprint density at radius 3 is 1.83 bits per heavy atom. The van der Waals surface area contributed by atoms with Gasteiger partial charge in [0.1, 0.15) is 0 Å². The van der Waals surface area contributed by atoms with Gasteiger partial charge >= 0.3 is 0 Å². The van der Waals surface area contributed by atoms with E-state index < -0.39 is 0 Å². The Kier molecular flexibility index (Phi) is 4.43. The van der Waals surface area contributed by atoms with Gasteiger partial charge in [-0.3, -0.25) is 0 Å². The van der Waals surface area contributed by atoms with E-state index in [1.54, 1.807) is 6.07 Å². The molecule has 8 N–H and O–H groups in total. The number of aryl methyl sites for hydroxylation is 2. The molecule has 0 bridgehead atoms. The molecule has 0 aliphatic heterocycles.